The molecule has 3 heteroatoms. The highest BCUT2D eigenvalue weighted by Crippen LogP contribution is 2.31. The number of hydrogen-bond acceptors (Lipinski definition) is 3. The number of para-hydroxylation sites is 1. The quantitative estimate of drug-likeness (QED) is 0.782. The molecule has 0 heterocycles. The summed E-state index contributed by atoms with van der Waals surface area (Å²) < 4.78 is 10.8. The minimum atomic E-state index is -0.0315. The Morgan fingerprint density at radius 1 is 1.14 bits per heavy atom. The van der Waals surface area contributed by atoms with Crippen LogP contribution in [0.2, 0.25) is 0 Å². The van der Waals surface area contributed by atoms with Crippen molar-refractivity contribution in [2.75, 3.05) is 13.2 Å². The van der Waals surface area contributed by atoms with E-state index in [-0.39, 0.29) is 6.61 Å². The first kappa shape index (κ1) is 10.9. The zero-order valence-corrected chi connectivity index (χ0v) is 8.62. The van der Waals surface area contributed by atoms with Crippen molar-refractivity contribution in [2.24, 2.45) is 0 Å². The van der Waals surface area contributed by atoms with Gasteiger partial charge in [-0.05, 0) is 19.9 Å². The maximum Gasteiger partial charge on any atom is 0.166 e. The summed E-state index contributed by atoms with van der Waals surface area (Å²) in [5.41, 5.74) is 0.762. The molecule has 1 aromatic carbocycles. The van der Waals surface area contributed by atoms with E-state index in [1.54, 1.807) is 0 Å². The maximum absolute atomic E-state index is 9.10. The molecule has 1 N–H and O–H groups in total. The van der Waals surface area contributed by atoms with Crippen LogP contribution in [0.1, 0.15) is 19.4 Å². The number of ether oxygens (including phenoxy) is 2. The molecule has 0 saturated carbocycles. The summed E-state index contributed by atoms with van der Waals surface area (Å²) in [5, 5.41) is 9.10. The van der Waals surface area contributed by atoms with E-state index < -0.39 is 0 Å². The Kier molecular flexibility index (Phi) is 4.26. The molecule has 3 nitrogen and oxygen atoms in total. The van der Waals surface area contributed by atoms with Gasteiger partial charge in [0.2, 0.25) is 0 Å². The van der Waals surface area contributed by atoms with Crippen LogP contribution in [0.4, 0.5) is 0 Å². The summed E-state index contributed by atoms with van der Waals surface area (Å²) in [5.74, 6) is 1.35. The van der Waals surface area contributed by atoms with E-state index in [2.05, 4.69) is 0 Å². The van der Waals surface area contributed by atoms with Crippen LogP contribution in [0.25, 0.3) is 0 Å². The van der Waals surface area contributed by atoms with E-state index in [9.17, 15) is 0 Å². The van der Waals surface area contributed by atoms with Crippen LogP contribution in [0.15, 0.2) is 18.2 Å². The molecule has 0 unspecified atom stereocenters. The van der Waals surface area contributed by atoms with Gasteiger partial charge in [-0.25, -0.2) is 0 Å². The van der Waals surface area contributed by atoms with Crippen molar-refractivity contribution in [3.05, 3.63) is 23.8 Å². The van der Waals surface area contributed by atoms with Crippen molar-refractivity contribution in [3.8, 4) is 11.5 Å². The van der Waals surface area contributed by atoms with Crippen LogP contribution in [0, 0.1) is 0 Å². The van der Waals surface area contributed by atoms with E-state index in [1.807, 2.05) is 32.0 Å². The van der Waals surface area contributed by atoms with Crippen molar-refractivity contribution in [2.45, 2.75) is 20.5 Å². The number of aliphatic hydroxyl groups is 1. The molecule has 0 spiro atoms. The topological polar surface area (TPSA) is 38.7 Å². The van der Waals surface area contributed by atoms with Gasteiger partial charge in [0, 0.05) is 5.56 Å². The maximum atomic E-state index is 9.10. The van der Waals surface area contributed by atoms with Gasteiger partial charge in [-0.2, -0.15) is 0 Å². The highest BCUT2D eigenvalue weighted by molar-refractivity contribution is 5.46. The highest BCUT2D eigenvalue weighted by atomic mass is 16.5. The van der Waals surface area contributed by atoms with E-state index in [4.69, 9.17) is 14.6 Å². The summed E-state index contributed by atoms with van der Waals surface area (Å²) in [6.07, 6.45) is 0. The summed E-state index contributed by atoms with van der Waals surface area (Å²) >= 11 is 0. The fourth-order valence-electron chi connectivity index (χ4n) is 1.26. The van der Waals surface area contributed by atoms with Crippen LogP contribution < -0.4 is 9.47 Å². The smallest absolute Gasteiger partial charge is 0.166 e. The average Bonchev–Trinajstić information content (AvgIpc) is 2.21. The predicted molar refractivity (Wildman–Crippen MR) is 54.7 cm³/mol. The zero-order valence-electron chi connectivity index (χ0n) is 8.62. The lowest BCUT2D eigenvalue weighted by Crippen LogP contribution is -2.01. The summed E-state index contributed by atoms with van der Waals surface area (Å²) in [6.45, 7) is 4.95. The Morgan fingerprint density at radius 2 is 1.86 bits per heavy atom. The largest absolute Gasteiger partial charge is 0.490 e. The van der Waals surface area contributed by atoms with Crippen molar-refractivity contribution in [3.63, 3.8) is 0 Å². The summed E-state index contributed by atoms with van der Waals surface area (Å²) in [6, 6.07) is 5.51. The Morgan fingerprint density at radius 3 is 2.43 bits per heavy atom. The van der Waals surface area contributed by atoms with Crippen molar-refractivity contribution in [1.82, 2.24) is 0 Å². The molecule has 0 aliphatic carbocycles. The fraction of sp³-hybridized carbons (Fsp3) is 0.455. The second kappa shape index (κ2) is 5.50. The molecule has 0 aliphatic heterocycles. The highest BCUT2D eigenvalue weighted by Gasteiger charge is 2.08. The first-order valence-corrected chi connectivity index (χ1v) is 4.81. The number of rotatable bonds is 5. The van der Waals surface area contributed by atoms with Crippen LogP contribution in [-0.2, 0) is 6.61 Å². The van der Waals surface area contributed by atoms with Crippen molar-refractivity contribution in [1.29, 1.82) is 0 Å². The third kappa shape index (κ3) is 2.39. The Balaban J connectivity index is 3.00. The summed E-state index contributed by atoms with van der Waals surface area (Å²) in [4.78, 5) is 0. The molecule has 0 bridgehead atoms. The average molecular weight is 196 g/mol. The van der Waals surface area contributed by atoms with Crippen LogP contribution >= 0.6 is 0 Å². The van der Waals surface area contributed by atoms with Crippen LogP contribution in [0.5, 0.6) is 11.5 Å². The van der Waals surface area contributed by atoms with Gasteiger partial charge in [0.05, 0.1) is 19.8 Å². The van der Waals surface area contributed by atoms with Gasteiger partial charge < -0.3 is 14.6 Å². The van der Waals surface area contributed by atoms with Gasteiger partial charge in [0.25, 0.3) is 0 Å². The molecule has 0 aromatic heterocycles. The lowest BCUT2D eigenvalue weighted by Gasteiger charge is -2.13. The second-order valence-electron chi connectivity index (χ2n) is 2.77. The molecular weight excluding hydrogens is 180 g/mol. The molecule has 0 amide bonds. The van der Waals surface area contributed by atoms with Crippen molar-refractivity contribution >= 4 is 0 Å². The number of aliphatic hydroxyl groups excluding tert-OH is 1. The Bertz CT molecular complexity index is 284. The van der Waals surface area contributed by atoms with Crippen LogP contribution in [0.3, 0.4) is 0 Å². The second-order valence-corrected chi connectivity index (χ2v) is 2.77. The standard InChI is InChI=1S/C11H16O3/c1-3-13-10-7-5-6-9(8-12)11(10)14-4-2/h5-7,12H,3-4,8H2,1-2H3. The van der Waals surface area contributed by atoms with Gasteiger partial charge >= 0.3 is 0 Å². The predicted octanol–water partition coefficient (Wildman–Crippen LogP) is 1.98. The van der Waals surface area contributed by atoms with Gasteiger partial charge in [0.15, 0.2) is 11.5 Å². The van der Waals surface area contributed by atoms with E-state index in [0.717, 1.165) is 5.56 Å². The van der Waals surface area contributed by atoms with Gasteiger partial charge in [0.1, 0.15) is 0 Å². The molecular formula is C11H16O3. The minimum absolute atomic E-state index is 0.0315. The Labute approximate surface area is 84.3 Å². The molecule has 14 heavy (non-hydrogen) atoms. The molecule has 78 valence electrons. The first-order valence-electron chi connectivity index (χ1n) is 4.81. The third-order valence-corrected chi connectivity index (χ3v) is 1.82. The lowest BCUT2D eigenvalue weighted by molar-refractivity contribution is 0.254. The SMILES string of the molecule is CCOc1cccc(CO)c1OCC. The molecule has 1 rings (SSSR count). The number of benzene rings is 1. The van der Waals surface area contributed by atoms with Crippen molar-refractivity contribution < 1.29 is 14.6 Å². The van der Waals surface area contributed by atoms with E-state index >= 15 is 0 Å². The normalized spacial score (nSPS) is 9.93. The van der Waals surface area contributed by atoms with Gasteiger partial charge in [-0.15, -0.1) is 0 Å². The fourth-order valence-corrected chi connectivity index (χ4v) is 1.26. The van der Waals surface area contributed by atoms with Crippen LogP contribution in [-0.4, -0.2) is 18.3 Å². The molecule has 0 aliphatic rings. The van der Waals surface area contributed by atoms with Gasteiger partial charge in [-0.1, -0.05) is 12.1 Å². The number of hydrogen-bond donors (Lipinski definition) is 1. The minimum Gasteiger partial charge on any atom is -0.490 e. The molecule has 0 saturated heterocycles. The monoisotopic (exact) mass is 196 g/mol. The first-order chi connectivity index (χ1) is 6.83. The van der Waals surface area contributed by atoms with E-state index in [0.29, 0.717) is 24.7 Å². The summed E-state index contributed by atoms with van der Waals surface area (Å²) in [7, 11) is 0. The molecule has 0 fully saturated rings. The van der Waals surface area contributed by atoms with Gasteiger partial charge in [-0.3, -0.25) is 0 Å². The zero-order chi connectivity index (χ0) is 10.4. The molecule has 0 atom stereocenters. The lowest BCUT2D eigenvalue weighted by atomic mass is 10.2. The Hall–Kier alpha value is -1.22. The van der Waals surface area contributed by atoms with E-state index in [1.165, 1.54) is 0 Å². The third-order valence-electron chi connectivity index (χ3n) is 1.82. The molecule has 0 radical (unpaired) electrons. The molecule has 1 aromatic rings.